The molecule has 0 atom stereocenters. The summed E-state index contributed by atoms with van der Waals surface area (Å²) in [6.45, 7) is 6.27. The second-order valence-corrected chi connectivity index (χ2v) is 5.80. The number of aryl methyl sites for hydroxylation is 2. The number of carbonyl (C=O) groups is 1. The molecule has 1 heterocycles. The maximum Gasteiger partial charge on any atom is 0.304 e. The zero-order chi connectivity index (χ0) is 14.0. The van der Waals surface area contributed by atoms with Crippen LogP contribution in [-0.2, 0) is 17.9 Å². The summed E-state index contributed by atoms with van der Waals surface area (Å²) in [5.74, 6) is -0.732. The van der Waals surface area contributed by atoms with Gasteiger partial charge >= 0.3 is 5.97 Å². The Balaban J connectivity index is 2.10. The van der Waals surface area contributed by atoms with Crippen molar-refractivity contribution in [2.75, 3.05) is 6.54 Å². The third-order valence-electron chi connectivity index (χ3n) is 3.48. The Morgan fingerprint density at radius 2 is 2.26 bits per heavy atom. The van der Waals surface area contributed by atoms with E-state index in [0.717, 1.165) is 29.0 Å². The number of aromatic nitrogens is 2. The largest absolute Gasteiger partial charge is 0.481 e. The highest BCUT2D eigenvalue weighted by Crippen LogP contribution is 2.30. The molecule has 1 aliphatic rings. The van der Waals surface area contributed by atoms with Gasteiger partial charge in [-0.05, 0) is 42.6 Å². The van der Waals surface area contributed by atoms with E-state index in [1.165, 1.54) is 12.8 Å². The summed E-state index contributed by atoms with van der Waals surface area (Å²) in [7, 11) is 0. The van der Waals surface area contributed by atoms with Crippen LogP contribution >= 0.6 is 15.9 Å². The molecule has 1 aromatic rings. The SMILES string of the molecule is CCn1nc(C)c(Br)c1CN(CCC(=O)O)C1CC1. The number of halogens is 1. The minimum atomic E-state index is -0.732. The number of hydrogen-bond donors (Lipinski definition) is 1. The number of nitrogens with zero attached hydrogens (tertiary/aromatic N) is 3. The molecule has 0 amide bonds. The molecule has 1 fully saturated rings. The number of carboxylic acids is 1. The normalized spacial score (nSPS) is 15.2. The maximum atomic E-state index is 10.7. The van der Waals surface area contributed by atoms with Gasteiger partial charge in [0.2, 0.25) is 0 Å². The molecule has 0 aliphatic heterocycles. The third-order valence-corrected chi connectivity index (χ3v) is 4.51. The second kappa shape index (κ2) is 6.05. The van der Waals surface area contributed by atoms with Gasteiger partial charge in [-0.25, -0.2) is 0 Å². The highest BCUT2D eigenvalue weighted by Gasteiger charge is 2.30. The Labute approximate surface area is 121 Å². The summed E-state index contributed by atoms with van der Waals surface area (Å²) in [5, 5.41) is 13.3. The first-order valence-corrected chi connectivity index (χ1v) is 7.49. The van der Waals surface area contributed by atoms with Gasteiger partial charge in [-0.2, -0.15) is 5.10 Å². The number of rotatable bonds is 7. The highest BCUT2D eigenvalue weighted by atomic mass is 79.9. The summed E-state index contributed by atoms with van der Waals surface area (Å²) in [6.07, 6.45) is 2.56. The predicted molar refractivity (Wildman–Crippen MR) is 76.0 cm³/mol. The topological polar surface area (TPSA) is 58.4 Å². The minimum Gasteiger partial charge on any atom is -0.481 e. The minimum absolute atomic E-state index is 0.202. The summed E-state index contributed by atoms with van der Waals surface area (Å²) in [4.78, 5) is 13.0. The molecule has 0 spiro atoms. The van der Waals surface area contributed by atoms with Gasteiger partial charge in [0.15, 0.2) is 0 Å². The van der Waals surface area contributed by atoms with Crippen LogP contribution in [0.2, 0.25) is 0 Å². The summed E-state index contributed by atoms with van der Waals surface area (Å²) < 4.78 is 3.05. The first kappa shape index (κ1) is 14.5. The van der Waals surface area contributed by atoms with Crippen molar-refractivity contribution in [3.8, 4) is 0 Å². The van der Waals surface area contributed by atoms with Gasteiger partial charge in [-0.1, -0.05) is 0 Å². The number of hydrogen-bond acceptors (Lipinski definition) is 3. The van der Waals surface area contributed by atoms with Crippen LogP contribution in [0, 0.1) is 6.92 Å². The quantitative estimate of drug-likeness (QED) is 0.834. The second-order valence-electron chi connectivity index (χ2n) is 5.01. The summed E-state index contributed by atoms with van der Waals surface area (Å²) in [6, 6.07) is 0.548. The molecule has 0 radical (unpaired) electrons. The molecule has 2 rings (SSSR count). The summed E-state index contributed by atoms with van der Waals surface area (Å²) in [5.41, 5.74) is 2.14. The average Bonchev–Trinajstić information content (AvgIpc) is 3.16. The Morgan fingerprint density at radius 1 is 1.58 bits per heavy atom. The van der Waals surface area contributed by atoms with Crippen molar-refractivity contribution in [3.63, 3.8) is 0 Å². The Bertz CT molecular complexity index is 469. The van der Waals surface area contributed by atoms with Crippen LogP contribution in [0.4, 0.5) is 0 Å². The molecule has 19 heavy (non-hydrogen) atoms. The van der Waals surface area contributed by atoms with Crippen molar-refractivity contribution in [1.82, 2.24) is 14.7 Å². The molecule has 1 saturated carbocycles. The molecule has 1 aliphatic carbocycles. The van der Waals surface area contributed by atoms with Gasteiger partial charge in [0.05, 0.1) is 22.3 Å². The first-order chi connectivity index (χ1) is 9.02. The van der Waals surface area contributed by atoms with E-state index in [1.807, 2.05) is 11.6 Å². The average molecular weight is 330 g/mol. The van der Waals surface area contributed by atoms with Crippen molar-refractivity contribution in [3.05, 3.63) is 15.9 Å². The van der Waals surface area contributed by atoms with Gasteiger partial charge in [0, 0.05) is 25.7 Å². The van der Waals surface area contributed by atoms with Crippen molar-refractivity contribution >= 4 is 21.9 Å². The van der Waals surface area contributed by atoms with E-state index in [0.29, 0.717) is 12.6 Å². The molecular formula is C13H20BrN3O2. The van der Waals surface area contributed by atoms with Crippen LogP contribution in [0.1, 0.15) is 37.6 Å². The molecule has 0 saturated heterocycles. The van der Waals surface area contributed by atoms with Gasteiger partial charge in [-0.3, -0.25) is 14.4 Å². The smallest absolute Gasteiger partial charge is 0.304 e. The molecule has 0 unspecified atom stereocenters. The maximum absolute atomic E-state index is 10.7. The standard InChI is InChI=1S/C13H20BrN3O2/c1-3-17-11(13(14)9(2)15-17)8-16(10-4-5-10)7-6-12(18)19/h10H,3-8H2,1-2H3,(H,18,19). The Hall–Kier alpha value is -0.880. The van der Waals surface area contributed by atoms with Crippen LogP contribution in [-0.4, -0.2) is 38.3 Å². The van der Waals surface area contributed by atoms with Crippen molar-refractivity contribution in [1.29, 1.82) is 0 Å². The van der Waals surface area contributed by atoms with E-state index >= 15 is 0 Å². The van der Waals surface area contributed by atoms with E-state index in [9.17, 15) is 4.79 Å². The monoisotopic (exact) mass is 329 g/mol. The van der Waals surface area contributed by atoms with E-state index < -0.39 is 5.97 Å². The fourth-order valence-electron chi connectivity index (χ4n) is 2.28. The van der Waals surface area contributed by atoms with Crippen molar-refractivity contribution in [2.24, 2.45) is 0 Å². The van der Waals surface area contributed by atoms with E-state index in [1.54, 1.807) is 0 Å². The molecule has 5 nitrogen and oxygen atoms in total. The first-order valence-electron chi connectivity index (χ1n) is 6.70. The molecule has 1 aromatic heterocycles. The van der Waals surface area contributed by atoms with Crippen molar-refractivity contribution < 1.29 is 9.90 Å². The van der Waals surface area contributed by atoms with E-state index in [4.69, 9.17) is 5.11 Å². The lowest BCUT2D eigenvalue weighted by Gasteiger charge is -2.21. The molecule has 0 aromatic carbocycles. The van der Waals surface area contributed by atoms with Gasteiger partial charge in [-0.15, -0.1) is 0 Å². The highest BCUT2D eigenvalue weighted by molar-refractivity contribution is 9.10. The van der Waals surface area contributed by atoms with Crippen LogP contribution < -0.4 is 0 Å². The lowest BCUT2D eigenvalue weighted by Crippen LogP contribution is -2.29. The number of carboxylic acid groups (broad SMARTS) is 1. The van der Waals surface area contributed by atoms with E-state index in [2.05, 4.69) is 32.9 Å². The number of aliphatic carboxylic acids is 1. The van der Waals surface area contributed by atoms with Gasteiger partial charge in [0.25, 0.3) is 0 Å². The van der Waals surface area contributed by atoms with Gasteiger partial charge in [0.1, 0.15) is 0 Å². The molecular weight excluding hydrogens is 310 g/mol. The fraction of sp³-hybridized carbons (Fsp3) is 0.692. The lowest BCUT2D eigenvalue weighted by molar-refractivity contribution is -0.137. The lowest BCUT2D eigenvalue weighted by atomic mass is 10.3. The molecule has 0 bridgehead atoms. The fourth-order valence-corrected chi connectivity index (χ4v) is 2.69. The third kappa shape index (κ3) is 3.57. The Kier molecular flexibility index (Phi) is 4.62. The molecule has 6 heteroatoms. The Morgan fingerprint density at radius 3 is 2.79 bits per heavy atom. The van der Waals surface area contributed by atoms with Crippen LogP contribution in [0.25, 0.3) is 0 Å². The molecule has 1 N–H and O–H groups in total. The zero-order valence-corrected chi connectivity index (χ0v) is 13.0. The van der Waals surface area contributed by atoms with Crippen molar-refractivity contribution in [2.45, 2.75) is 52.2 Å². The van der Waals surface area contributed by atoms with Crippen LogP contribution in [0.3, 0.4) is 0 Å². The predicted octanol–water partition coefficient (Wildman–Crippen LogP) is 2.41. The van der Waals surface area contributed by atoms with Crippen LogP contribution in [0.15, 0.2) is 4.47 Å². The zero-order valence-electron chi connectivity index (χ0n) is 11.4. The van der Waals surface area contributed by atoms with Crippen LogP contribution in [0.5, 0.6) is 0 Å². The van der Waals surface area contributed by atoms with E-state index in [-0.39, 0.29) is 6.42 Å². The summed E-state index contributed by atoms with van der Waals surface area (Å²) >= 11 is 3.59. The van der Waals surface area contributed by atoms with Gasteiger partial charge < -0.3 is 5.11 Å². The molecule has 106 valence electrons.